The van der Waals surface area contributed by atoms with Crippen LogP contribution in [0.3, 0.4) is 0 Å². The minimum Gasteiger partial charge on any atom is -0.475 e. The van der Waals surface area contributed by atoms with Crippen LogP contribution in [0.1, 0.15) is 17.5 Å². The molecule has 2 aromatic carbocycles. The van der Waals surface area contributed by atoms with E-state index in [4.69, 9.17) is 38.8 Å². The summed E-state index contributed by atoms with van der Waals surface area (Å²) < 4.78 is 31.7. The van der Waals surface area contributed by atoms with Crippen molar-refractivity contribution in [3.63, 3.8) is 0 Å². The van der Waals surface area contributed by atoms with Crippen LogP contribution < -0.4 is 5.73 Å². The first-order valence-electron chi connectivity index (χ1n) is 8.33. The molecule has 4 nitrogen and oxygen atoms in total. The van der Waals surface area contributed by atoms with E-state index >= 15 is 0 Å². The van der Waals surface area contributed by atoms with Crippen molar-refractivity contribution in [2.75, 3.05) is 13.1 Å². The Balaban J connectivity index is 0.000000480. The zero-order valence-electron chi connectivity index (χ0n) is 14.9. The van der Waals surface area contributed by atoms with Gasteiger partial charge in [-0.15, -0.1) is 0 Å². The summed E-state index contributed by atoms with van der Waals surface area (Å²) in [6, 6.07) is 16.0. The summed E-state index contributed by atoms with van der Waals surface area (Å²) in [6.45, 7) is 3.46. The molecular weight excluding hydrogens is 416 g/mol. The largest absolute Gasteiger partial charge is 0.490 e. The number of carboxylic acids is 1. The number of hydrogen-bond acceptors (Lipinski definition) is 3. The molecule has 0 spiro atoms. The van der Waals surface area contributed by atoms with E-state index in [2.05, 4.69) is 29.2 Å². The first-order valence-corrected chi connectivity index (χ1v) is 9.09. The first-order chi connectivity index (χ1) is 13.1. The molecular formula is C19H21Cl2F3N2O2. The van der Waals surface area contributed by atoms with Gasteiger partial charge in [0.1, 0.15) is 0 Å². The highest BCUT2D eigenvalue weighted by Gasteiger charge is 2.38. The first kappa shape index (κ1) is 24.2. The Morgan fingerprint density at radius 3 is 1.57 bits per heavy atom. The topological polar surface area (TPSA) is 66.6 Å². The predicted octanol–water partition coefficient (Wildman–Crippen LogP) is 4.98. The molecule has 0 atom stereocenters. The lowest BCUT2D eigenvalue weighted by Crippen LogP contribution is -2.25. The van der Waals surface area contributed by atoms with Gasteiger partial charge in [0.2, 0.25) is 0 Å². The number of alkyl halides is 3. The molecule has 9 heteroatoms. The van der Waals surface area contributed by atoms with Crippen molar-refractivity contribution in [3.05, 3.63) is 69.7 Å². The third kappa shape index (κ3) is 9.94. The van der Waals surface area contributed by atoms with Gasteiger partial charge < -0.3 is 10.8 Å². The van der Waals surface area contributed by atoms with Crippen LogP contribution in [0.2, 0.25) is 10.0 Å². The fourth-order valence-corrected chi connectivity index (χ4v) is 2.48. The number of hydrogen-bond donors (Lipinski definition) is 2. The highest BCUT2D eigenvalue weighted by atomic mass is 35.5. The zero-order chi connectivity index (χ0) is 21.2. The Morgan fingerprint density at radius 2 is 1.29 bits per heavy atom. The van der Waals surface area contributed by atoms with E-state index in [9.17, 15) is 13.2 Å². The number of carboxylic acid groups (broad SMARTS) is 1. The highest BCUT2D eigenvalue weighted by Crippen LogP contribution is 2.16. The molecule has 0 radical (unpaired) electrons. The summed E-state index contributed by atoms with van der Waals surface area (Å²) in [4.78, 5) is 11.3. The molecule has 0 aliphatic heterocycles. The number of nitrogens with zero attached hydrogens (tertiary/aromatic N) is 1. The molecule has 2 aromatic rings. The Bertz CT molecular complexity index is 676. The smallest absolute Gasteiger partial charge is 0.475 e. The van der Waals surface area contributed by atoms with Gasteiger partial charge in [0.05, 0.1) is 0 Å². The maximum absolute atomic E-state index is 10.6. The second kappa shape index (κ2) is 11.9. The van der Waals surface area contributed by atoms with Gasteiger partial charge in [-0.1, -0.05) is 47.5 Å². The fourth-order valence-electron chi connectivity index (χ4n) is 2.22. The average Bonchev–Trinajstić information content (AvgIpc) is 2.63. The number of aliphatic carboxylic acids is 1. The molecule has 0 aromatic heterocycles. The SMILES string of the molecule is NCCCN(Cc1ccc(Cl)cc1)Cc1ccc(Cl)cc1.O=C(O)C(F)(F)F. The lowest BCUT2D eigenvalue weighted by Gasteiger charge is -2.22. The Hall–Kier alpha value is -1.80. The second-order valence-corrected chi connectivity index (χ2v) is 6.78. The Kier molecular flexibility index (Phi) is 10.3. The minimum atomic E-state index is -5.08. The van der Waals surface area contributed by atoms with Gasteiger partial charge in [-0.3, -0.25) is 4.90 Å². The number of rotatable bonds is 7. The second-order valence-electron chi connectivity index (χ2n) is 5.91. The zero-order valence-corrected chi connectivity index (χ0v) is 16.4. The van der Waals surface area contributed by atoms with Crippen molar-refractivity contribution in [1.82, 2.24) is 4.90 Å². The summed E-state index contributed by atoms with van der Waals surface area (Å²) in [5.74, 6) is -2.76. The molecule has 28 heavy (non-hydrogen) atoms. The van der Waals surface area contributed by atoms with E-state index in [0.717, 1.165) is 36.1 Å². The van der Waals surface area contributed by atoms with Crippen molar-refractivity contribution in [2.24, 2.45) is 5.73 Å². The van der Waals surface area contributed by atoms with E-state index < -0.39 is 12.1 Å². The van der Waals surface area contributed by atoms with Crippen molar-refractivity contribution < 1.29 is 23.1 Å². The van der Waals surface area contributed by atoms with Crippen LogP contribution in [0, 0.1) is 0 Å². The van der Waals surface area contributed by atoms with Crippen molar-refractivity contribution in [1.29, 1.82) is 0 Å². The van der Waals surface area contributed by atoms with Crippen LogP contribution in [-0.2, 0) is 17.9 Å². The minimum absolute atomic E-state index is 0.706. The number of halogens is 5. The third-order valence-electron chi connectivity index (χ3n) is 3.56. The maximum atomic E-state index is 10.6. The standard InChI is InChI=1S/C17H20Cl2N2.C2HF3O2/c18-16-6-2-14(3-7-16)12-21(11-1-10-20)13-15-4-8-17(19)9-5-15;3-2(4,5)1(6)7/h2-9H,1,10-13,20H2;(H,6,7). The monoisotopic (exact) mass is 436 g/mol. The average molecular weight is 437 g/mol. The van der Waals surface area contributed by atoms with Crippen molar-refractivity contribution in [3.8, 4) is 0 Å². The molecule has 0 amide bonds. The summed E-state index contributed by atoms with van der Waals surface area (Å²) in [7, 11) is 0. The molecule has 0 aliphatic rings. The number of carbonyl (C=O) groups is 1. The molecule has 0 fully saturated rings. The Morgan fingerprint density at radius 1 is 0.929 bits per heavy atom. The van der Waals surface area contributed by atoms with Crippen LogP contribution in [0.5, 0.6) is 0 Å². The molecule has 0 heterocycles. The van der Waals surface area contributed by atoms with Crippen LogP contribution >= 0.6 is 23.2 Å². The van der Waals surface area contributed by atoms with Gasteiger partial charge in [-0.05, 0) is 48.4 Å². The summed E-state index contributed by atoms with van der Waals surface area (Å²) in [5.41, 5.74) is 8.15. The van der Waals surface area contributed by atoms with Crippen LogP contribution in [0.25, 0.3) is 0 Å². The van der Waals surface area contributed by atoms with Crippen LogP contribution in [0.15, 0.2) is 48.5 Å². The van der Waals surface area contributed by atoms with Crippen LogP contribution in [0.4, 0.5) is 13.2 Å². The summed E-state index contributed by atoms with van der Waals surface area (Å²) >= 11 is 11.9. The van der Waals surface area contributed by atoms with Crippen LogP contribution in [-0.4, -0.2) is 35.2 Å². The highest BCUT2D eigenvalue weighted by molar-refractivity contribution is 6.30. The van der Waals surface area contributed by atoms with Gasteiger partial charge in [0.15, 0.2) is 0 Å². The molecule has 0 saturated heterocycles. The van der Waals surface area contributed by atoms with E-state index in [-0.39, 0.29) is 0 Å². The molecule has 0 unspecified atom stereocenters. The van der Waals surface area contributed by atoms with Gasteiger partial charge >= 0.3 is 12.1 Å². The Labute approximate surface area is 171 Å². The molecule has 3 N–H and O–H groups in total. The van der Waals surface area contributed by atoms with E-state index in [1.807, 2.05) is 24.3 Å². The lowest BCUT2D eigenvalue weighted by atomic mass is 10.1. The molecule has 0 saturated carbocycles. The lowest BCUT2D eigenvalue weighted by molar-refractivity contribution is -0.192. The summed E-state index contributed by atoms with van der Waals surface area (Å²) in [5, 5.41) is 8.66. The third-order valence-corrected chi connectivity index (χ3v) is 4.06. The normalized spacial score (nSPS) is 11.1. The van der Waals surface area contributed by atoms with Gasteiger partial charge in [0, 0.05) is 29.7 Å². The van der Waals surface area contributed by atoms with E-state index in [1.165, 1.54) is 11.1 Å². The van der Waals surface area contributed by atoms with Gasteiger partial charge in [-0.25, -0.2) is 4.79 Å². The van der Waals surface area contributed by atoms with Crippen molar-refractivity contribution >= 4 is 29.2 Å². The van der Waals surface area contributed by atoms with E-state index in [0.29, 0.717) is 6.54 Å². The molecule has 0 bridgehead atoms. The number of nitrogens with two attached hydrogens (primary N) is 1. The van der Waals surface area contributed by atoms with Gasteiger partial charge in [0.25, 0.3) is 0 Å². The van der Waals surface area contributed by atoms with Crippen molar-refractivity contribution in [2.45, 2.75) is 25.7 Å². The molecule has 2 rings (SSSR count). The fraction of sp³-hybridized carbons (Fsp3) is 0.316. The predicted molar refractivity (Wildman–Crippen MR) is 104 cm³/mol. The maximum Gasteiger partial charge on any atom is 0.490 e. The van der Waals surface area contributed by atoms with E-state index in [1.54, 1.807) is 0 Å². The molecule has 154 valence electrons. The number of benzene rings is 2. The quantitative estimate of drug-likeness (QED) is 0.642. The van der Waals surface area contributed by atoms with Gasteiger partial charge in [-0.2, -0.15) is 13.2 Å². The summed E-state index contributed by atoms with van der Waals surface area (Å²) in [6.07, 6.45) is -4.10. The molecule has 0 aliphatic carbocycles.